The highest BCUT2D eigenvalue weighted by atomic mass is 32.2. The fourth-order valence-electron chi connectivity index (χ4n) is 3.65. The Morgan fingerprint density at radius 1 is 1.00 bits per heavy atom. The van der Waals surface area contributed by atoms with Gasteiger partial charge in [-0.15, -0.1) is 0 Å². The Labute approximate surface area is 209 Å². The molecule has 1 heterocycles. The number of rotatable bonds is 8. The first-order valence-electron chi connectivity index (χ1n) is 11.2. The normalized spacial score (nSPS) is 16.4. The zero-order chi connectivity index (χ0) is 24.8. The number of ether oxygens (including phenoxy) is 2. The van der Waals surface area contributed by atoms with Crippen molar-refractivity contribution in [2.45, 2.75) is 25.1 Å². The van der Waals surface area contributed by atoms with Crippen LogP contribution in [0.25, 0.3) is 0 Å². The number of aliphatic imine (C=N–C) groups is 1. The van der Waals surface area contributed by atoms with Crippen molar-refractivity contribution in [1.82, 2.24) is 4.90 Å². The van der Waals surface area contributed by atoms with E-state index in [4.69, 9.17) is 14.5 Å². The van der Waals surface area contributed by atoms with Crippen LogP contribution < -0.4 is 14.8 Å². The van der Waals surface area contributed by atoms with Gasteiger partial charge < -0.3 is 14.8 Å². The van der Waals surface area contributed by atoms with E-state index in [0.29, 0.717) is 28.9 Å². The standard InChI is InChI=1S/C27H27N3O4S/c1-18-9-11-19(12-10-18)17-30-26(32)24(35-27(30)29-20-7-5-4-6-8-20)16-25(31)28-21-13-14-22(33-2)23(15-21)34-3/h4-15,24H,16-17H2,1-3H3,(H,28,31)/t24-/m1/s1. The molecule has 8 heteroatoms. The smallest absolute Gasteiger partial charge is 0.242 e. The zero-order valence-electron chi connectivity index (χ0n) is 19.9. The minimum atomic E-state index is -0.567. The second-order valence-electron chi connectivity index (χ2n) is 8.07. The van der Waals surface area contributed by atoms with Crippen molar-refractivity contribution >= 4 is 40.1 Å². The van der Waals surface area contributed by atoms with Gasteiger partial charge in [0.25, 0.3) is 0 Å². The molecule has 0 unspecified atom stereocenters. The Hall–Kier alpha value is -3.78. The number of hydrogen-bond acceptors (Lipinski definition) is 6. The monoisotopic (exact) mass is 489 g/mol. The number of nitrogens with one attached hydrogen (secondary N) is 1. The van der Waals surface area contributed by atoms with Crippen LogP contribution in [0.15, 0.2) is 77.8 Å². The highest BCUT2D eigenvalue weighted by molar-refractivity contribution is 8.15. The lowest BCUT2D eigenvalue weighted by Gasteiger charge is -2.17. The maximum absolute atomic E-state index is 13.4. The number of methoxy groups -OCH3 is 2. The average molecular weight is 490 g/mol. The van der Waals surface area contributed by atoms with Gasteiger partial charge in [-0.3, -0.25) is 14.5 Å². The summed E-state index contributed by atoms with van der Waals surface area (Å²) in [6.07, 6.45) is 0.0239. The predicted octanol–water partition coefficient (Wildman–Crippen LogP) is 5.17. The van der Waals surface area contributed by atoms with Gasteiger partial charge in [0.1, 0.15) is 5.25 Å². The maximum Gasteiger partial charge on any atom is 0.242 e. The fraction of sp³-hybridized carbons (Fsp3) is 0.222. The quantitative estimate of drug-likeness (QED) is 0.472. The van der Waals surface area contributed by atoms with Gasteiger partial charge in [-0.1, -0.05) is 59.8 Å². The lowest BCUT2D eigenvalue weighted by Crippen LogP contribution is -2.33. The molecule has 0 aromatic heterocycles. The Bertz CT molecular complexity index is 1230. The molecule has 1 aliphatic rings. The summed E-state index contributed by atoms with van der Waals surface area (Å²) >= 11 is 1.32. The van der Waals surface area contributed by atoms with Crippen molar-refractivity contribution in [3.8, 4) is 11.5 Å². The predicted molar refractivity (Wildman–Crippen MR) is 139 cm³/mol. The van der Waals surface area contributed by atoms with Crippen molar-refractivity contribution in [2.75, 3.05) is 19.5 Å². The zero-order valence-corrected chi connectivity index (χ0v) is 20.7. The van der Waals surface area contributed by atoms with Crippen LogP contribution in [0.5, 0.6) is 11.5 Å². The van der Waals surface area contributed by atoms with E-state index < -0.39 is 5.25 Å². The van der Waals surface area contributed by atoms with Gasteiger partial charge in [-0.05, 0) is 36.8 Å². The molecule has 1 atom stereocenters. The minimum absolute atomic E-state index is 0.0239. The highest BCUT2D eigenvalue weighted by Gasteiger charge is 2.39. The van der Waals surface area contributed by atoms with Gasteiger partial charge in [0.05, 0.1) is 26.5 Å². The molecule has 4 rings (SSSR count). The van der Waals surface area contributed by atoms with Crippen LogP contribution in [-0.2, 0) is 16.1 Å². The number of amidine groups is 1. The average Bonchev–Trinajstić information content (AvgIpc) is 3.14. The van der Waals surface area contributed by atoms with Crippen molar-refractivity contribution in [3.63, 3.8) is 0 Å². The van der Waals surface area contributed by atoms with Gasteiger partial charge in [0.2, 0.25) is 11.8 Å². The second-order valence-corrected chi connectivity index (χ2v) is 9.24. The molecule has 1 N–H and O–H groups in total. The number of anilines is 1. The van der Waals surface area contributed by atoms with Gasteiger partial charge >= 0.3 is 0 Å². The molecule has 180 valence electrons. The van der Waals surface area contributed by atoms with Gasteiger partial charge in [0, 0.05) is 18.2 Å². The van der Waals surface area contributed by atoms with Crippen LogP contribution in [0.4, 0.5) is 11.4 Å². The molecule has 35 heavy (non-hydrogen) atoms. The van der Waals surface area contributed by atoms with E-state index >= 15 is 0 Å². The van der Waals surface area contributed by atoms with E-state index in [-0.39, 0.29) is 18.2 Å². The fourth-order valence-corrected chi connectivity index (χ4v) is 4.81. The van der Waals surface area contributed by atoms with Crippen LogP contribution >= 0.6 is 11.8 Å². The van der Waals surface area contributed by atoms with E-state index in [1.807, 2.05) is 61.5 Å². The summed E-state index contributed by atoms with van der Waals surface area (Å²) in [5.74, 6) is 0.686. The lowest BCUT2D eigenvalue weighted by atomic mass is 10.1. The van der Waals surface area contributed by atoms with Crippen LogP contribution in [0.1, 0.15) is 17.5 Å². The van der Waals surface area contributed by atoms with Crippen molar-refractivity contribution in [1.29, 1.82) is 0 Å². The first kappa shape index (κ1) is 24.3. The third-order valence-corrected chi connectivity index (χ3v) is 6.68. The Morgan fingerprint density at radius 2 is 1.71 bits per heavy atom. The Morgan fingerprint density at radius 3 is 2.40 bits per heavy atom. The molecule has 0 bridgehead atoms. The molecule has 0 saturated carbocycles. The third-order valence-electron chi connectivity index (χ3n) is 5.50. The number of hydrogen-bond donors (Lipinski definition) is 1. The van der Waals surface area contributed by atoms with Crippen molar-refractivity contribution in [3.05, 3.63) is 83.9 Å². The number of amides is 2. The highest BCUT2D eigenvalue weighted by Crippen LogP contribution is 2.34. The van der Waals surface area contributed by atoms with E-state index in [1.54, 1.807) is 30.2 Å². The van der Waals surface area contributed by atoms with E-state index in [9.17, 15) is 9.59 Å². The van der Waals surface area contributed by atoms with E-state index in [1.165, 1.54) is 18.9 Å². The molecule has 1 saturated heterocycles. The first-order chi connectivity index (χ1) is 17.0. The van der Waals surface area contributed by atoms with Crippen molar-refractivity contribution in [2.24, 2.45) is 4.99 Å². The van der Waals surface area contributed by atoms with Crippen LogP contribution in [0.2, 0.25) is 0 Å². The maximum atomic E-state index is 13.4. The first-order valence-corrected chi connectivity index (χ1v) is 12.0. The molecule has 1 fully saturated rings. The third kappa shape index (κ3) is 6.02. The molecule has 3 aromatic rings. The van der Waals surface area contributed by atoms with Crippen LogP contribution in [0, 0.1) is 6.92 Å². The number of thioether (sulfide) groups is 1. The Kier molecular flexibility index (Phi) is 7.72. The van der Waals surface area contributed by atoms with E-state index in [0.717, 1.165) is 16.8 Å². The largest absolute Gasteiger partial charge is 0.493 e. The summed E-state index contributed by atoms with van der Waals surface area (Å²) < 4.78 is 10.5. The van der Waals surface area contributed by atoms with E-state index in [2.05, 4.69) is 5.32 Å². The summed E-state index contributed by atoms with van der Waals surface area (Å²) in [6, 6.07) is 22.7. The molecule has 0 aliphatic carbocycles. The molecule has 1 aliphatic heterocycles. The van der Waals surface area contributed by atoms with Gasteiger partial charge in [0.15, 0.2) is 16.7 Å². The van der Waals surface area contributed by atoms with Gasteiger partial charge in [-0.25, -0.2) is 4.99 Å². The lowest BCUT2D eigenvalue weighted by molar-refractivity contribution is -0.128. The summed E-state index contributed by atoms with van der Waals surface area (Å²) in [6.45, 7) is 2.42. The summed E-state index contributed by atoms with van der Waals surface area (Å²) in [7, 11) is 3.09. The number of nitrogens with zero attached hydrogens (tertiary/aromatic N) is 2. The second kappa shape index (κ2) is 11.1. The molecule has 0 spiro atoms. The number of carbonyl (C=O) groups excluding carboxylic acids is 2. The van der Waals surface area contributed by atoms with Gasteiger partial charge in [-0.2, -0.15) is 0 Å². The van der Waals surface area contributed by atoms with Crippen LogP contribution in [-0.4, -0.2) is 41.4 Å². The number of benzene rings is 3. The number of aryl methyl sites for hydroxylation is 1. The molecule has 3 aromatic carbocycles. The molecule has 2 amide bonds. The number of para-hydroxylation sites is 1. The molecule has 0 radical (unpaired) electrons. The van der Waals surface area contributed by atoms with Crippen molar-refractivity contribution < 1.29 is 19.1 Å². The molecular formula is C27H27N3O4S. The number of carbonyl (C=O) groups is 2. The SMILES string of the molecule is COc1ccc(NC(=O)C[C@H]2SC(=Nc3ccccc3)N(Cc3ccc(C)cc3)C2=O)cc1OC. The topological polar surface area (TPSA) is 80.2 Å². The van der Waals surface area contributed by atoms with Crippen LogP contribution in [0.3, 0.4) is 0 Å². The molecule has 7 nitrogen and oxygen atoms in total. The summed E-state index contributed by atoms with van der Waals surface area (Å²) in [5, 5.41) is 2.87. The minimum Gasteiger partial charge on any atom is -0.493 e. The molecular weight excluding hydrogens is 462 g/mol. The summed E-state index contributed by atoms with van der Waals surface area (Å²) in [5.41, 5.74) is 3.48. The Balaban J connectivity index is 1.51. The summed E-state index contributed by atoms with van der Waals surface area (Å²) in [4.78, 5) is 32.6.